The molecule has 20 heavy (non-hydrogen) atoms. The standard InChI is InChI=1S/C14H25NO5/c1-8-9-10(11(16)18-7)19-14(5,6)15(9)12(17)20-13(2,3)4/h9-10H,8H2,1-7H3/t9-,10+/m1/s1. The Hall–Kier alpha value is -1.30. The van der Waals surface area contributed by atoms with Crippen LogP contribution in [0.4, 0.5) is 4.79 Å². The van der Waals surface area contributed by atoms with E-state index in [1.165, 1.54) is 12.0 Å². The second-order valence-corrected chi connectivity index (χ2v) is 6.33. The Balaban J connectivity index is 3.03. The number of rotatable bonds is 2. The minimum absolute atomic E-state index is 0.396. The van der Waals surface area contributed by atoms with E-state index < -0.39 is 35.5 Å². The summed E-state index contributed by atoms with van der Waals surface area (Å²) >= 11 is 0. The van der Waals surface area contributed by atoms with Gasteiger partial charge in [0.1, 0.15) is 11.3 Å². The first-order chi connectivity index (χ1) is 9.03. The fraction of sp³-hybridized carbons (Fsp3) is 0.857. The lowest BCUT2D eigenvalue weighted by atomic mass is 10.1. The lowest BCUT2D eigenvalue weighted by Gasteiger charge is -2.34. The van der Waals surface area contributed by atoms with Gasteiger partial charge in [-0.15, -0.1) is 0 Å². The van der Waals surface area contributed by atoms with Crippen molar-refractivity contribution in [2.45, 2.75) is 71.4 Å². The third-order valence-corrected chi connectivity index (χ3v) is 3.12. The van der Waals surface area contributed by atoms with Gasteiger partial charge in [-0.2, -0.15) is 0 Å². The maximum absolute atomic E-state index is 12.4. The zero-order chi connectivity index (χ0) is 15.7. The van der Waals surface area contributed by atoms with Crippen LogP contribution in [0.3, 0.4) is 0 Å². The quantitative estimate of drug-likeness (QED) is 0.729. The number of methoxy groups -OCH3 is 1. The smallest absolute Gasteiger partial charge is 0.412 e. The average molecular weight is 287 g/mol. The summed E-state index contributed by atoms with van der Waals surface area (Å²) in [6.45, 7) is 10.8. The van der Waals surface area contributed by atoms with Gasteiger partial charge in [0.25, 0.3) is 0 Å². The largest absolute Gasteiger partial charge is 0.467 e. The van der Waals surface area contributed by atoms with E-state index in [0.717, 1.165) is 0 Å². The Morgan fingerprint density at radius 3 is 2.25 bits per heavy atom. The van der Waals surface area contributed by atoms with Crippen LogP contribution < -0.4 is 0 Å². The van der Waals surface area contributed by atoms with Gasteiger partial charge in [0.2, 0.25) is 0 Å². The van der Waals surface area contributed by atoms with E-state index in [-0.39, 0.29) is 0 Å². The predicted molar refractivity (Wildman–Crippen MR) is 73.1 cm³/mol. The Kier molecular flexibility index (Phi) is 4.69. The molecule has 0 aromatic heterocycles. The van der Waals surface area contributed by atoms with E-state index in [9.17, 15) is 9.59 Å². The van der Waals surface area contributed by atoms with Crippen LogP contribution in [0.25, 0.3) is 0 Å². The average Bonchev–Trinajstić information content (AvgIpc) is 2.56. The van der Waals surface area contributed by atoms with Gasteiger partial charge in [0.05, 0.1) is 13.2 Å². The number of amides is 1. The number of hydrogen-bond donors (Lipinski definition) is 0. The molecule has 1 fully saturated rings. The van der Waals surface area contributed by atoms with E-state index >= 15 is 0 Å². The number of ether oxygens (including phenoxy) is 3. The van der Waals surface area contributed by atoms with Crippen LogP contribution in [-0.4, -0.2) is 47.5 Å². The molecule has 0 spiro atoms. The zero-order valence-electron chi connectivity index (χ0n) is 13.4. The predicted octanol–water partition coefficient (Wildman–Crippen LogP) is 2.31. The van der Waals surface area contributed by atoms with Gasteiger partial charge in [-0.3, -0.25) is 4.90 Å². The van der Waals surface area contributed by atoms with Gasteiger partial charge in [-0.05, 0) is 41.0 Å². The fourth-order valence-corrected chi connectivity index (χ4v) is 2.37. The van der Waals surface area contributed by atoms with Crippen molar-refractivity contribution >= 4 is 12.1 Å². The summed E-state index contributed by atoms with van der Waals surface area (Å²) in [6, 6.07) is -0.396. The van der Waals surface area contributed by atoms with Crippen LogP contribution in [0.5, 0.6) is 0 Å². The van der Waals surface area contributed by atoms with Crippen molar-refractivity contribution < 1.29 is 23.8 Å². The normalized spacial score (nSPS) is 25.4. The van der Waals surface area contributed by atoms with Gasteiger partial charge in [0, 0.05) is 0 Å². The second kappa shape index (κ2) is 5.60. The summed E-state index contributed by atoms with van der Waals surface area (Å²) in [5, 5.41) is 0. The Morgan fingerprint density at radius 1 is 1.30 bits per heavy atom. The first kappa shape index (κ1) is 16.8. The van der Waals surface area contributed by atoms with Crippen LogP contribution in [0, 0.1) is 0 Å². The maximum atomic E-state index is 12.4. The van der Waals surface area contributed by atoms with Gasteiger partial charge in [-0.1, -0.05) is 6.92 Å². The Morgan fingerprint density at radius 2 is 1.85 bits per heavy atom. The molecule has 0 aromatic carbocycles. The van der Waals surface area contributed by atoms with Crippen molar-refractivity contribution in [2.75, 3.05) is 7.11 Å². The molecule has 0 saturated carbocycles. The lowest BCUT2D eigenvalue weighted by molar-refractivity contribution is -0.158. The third kappa shape index (κ3) is 3.42. The highest BCUT2D eigenvalue weighted by molar-refractivity contribution is 5.78. The van der Waals surface area contributed by atoms with Crippen molar-refractivity contribution in [1.82, 2.24) is 4.90 Å². The number of carbonyl (C=O) groups excluding carboxylic acids is 2. The molecule has 1 amide bonds. The lowest BCUT2D eigenvalue weighted by Crippen LogP contribution is -2.50. The highest BCUT2D eigenvalue weighted by Gasteiger charge is 2.53. The second-order valence-electron chi connectivity index (χ2n) is 6.33. The van der Waals surface area contributed by atoms with Crippen molar-refractivity contribution in [1.29, 1.82) is 0 Å². The van der Waals surface area contributed by atoms with Crippen molar-refractivity contribution in [3.8, 4) is 0 Å². The van der Waals surface area contributed by atoms with Crippen molar-refractivity contribution in [2.24, 2.45) is 0 Å². The molecule has 1 rings (SSSR count). The molecule has 6 heteroatoms. The molecular formula is C14H25NO5. The van der Waals surface area contributed by atoms with E-state index in [0.29, 0.717) is 6.42 Å². The highest BCUT2D eigenvalue weighted by Crippen LogP contribution is 2.35. The highest BCUT2D eigenvalue weighted by atomic mass is 16.6. The molecule has 0 aromatic rings. The summed E-state index contributed by atoms with van der Waals surface area (Å²) in [6.07, 6.45) is -0.698. The van der Waals surface area contributed by atoms with Crippen molar-refractivity contribution in [3.05, 3.63) is 0 Å². The van der Waals surface area contributed by atoms with Crippen LogP contribution in [0.2, 0.25) is 0 Å². The first-order valence-electron chi connectivity index (χ1n) is 6.81. The van der Waals surface area contributed by atoms with E-state index in [1.54, 1.807) is 34.6 Å². The van der Waals surface area contributed by atoms with E-state index in [2.05, 4.69) is 0 Å². The molecule has 0 aliphatic carbocycles. The molecule has 1 aliphatic heterocycles. The van der Waals surface area contributed by atoms with Crippen LogP contribution >= 0.6 is 0 Å². The van der Waals surface area contributed by atoms with E-state index in [1.807, 2.05) is 6.92 Å². The Bertz CT molecular complexity index is 386. The third-order valence-electron chi connectivity index (χ3n) is 3.12. The molecule has 1 heterocycles. The Labute approximate surface area is 120 Å². The summed E-state index contributed by atoms with van der Waals surface area (Å²) in [5.74, 6) is -0.476. The summed E-state index contributed by atoms with van der Waals surface area (Å²) in [5.41, 5.74) is -1.52. The minimum atomic E-state index is -0.915. The molecule has 0 radical (unpaired) electrons. The fourth-order valence-electron chi connectivity index (χ4n) is 2.37. The van der Waals surface area contributed by atoms with Crippen LogP contribution in [-0.2, 0) is 19.0 Å². The molecule has 0 N–H and O–H groups in total. The number of hydrogen-bond acceptors (Lipinski definition) is 5. The van der Waals surface area contributed by atoms with Gasteiger partial charge >= 0.3 is 12.1 Å². The number of nitrogens with zero attached hydrogens (tertiary/aromatic N) is 1. The topological polar surface area (TPSA) is 65.1 Å². The maximum Gasteiger partial charge on any atom is 0.412 e. The SMILES string of the molecule is CC[C@@H]1[C@@H](C(=O)OC)OC(C)(C)N1C(=O)OC(C)(C)C. The summed E-state index contributed by atoms with van der Waals surface area (Å²) in [7, 11) is 1.31. The zero-order valence-corrected chi connectivity index (χ0v) is 13.4. The molecule has 6 nitrogen and oxygen atoms in total. The molecule has 2 atom stereocenters. The monoisotopic (exact) mass is 287 g/mol. The van der Waals surface area contributed by atoms with Crippen LogP contribution in [0.15, 0.2) is 0 Å². The molecule has 1 aliphatic rings. The first-order valence-corrected chi connectivity index (χ1v) is 6.81. The van der Waals surface area contributed by atoms with Gasteiger partial charge < -0.3 is 14.2 Å². The molecular weight excluding hydrogens is 262 g/mol. The summed E-state index contributed by atoms with van der Waals surface area (Å²) in [4.78, 5) is 25.7. The molecule has 0 bridgehead atoms. The van der Waals surface area contributed by atoms with Crippen molar-refractivity contribution in [3.63, 3.8) is 0 Å². The number of esters is 1. The van der Waals surface area contributed by atoms with Crippen LogP contribution in [0.1, 0.15) is 48.0 Å². The molecule has 116 valence electrons. The number of carbonyl (C=O) groups is 2. The van der Waals surface area contributed by atoms with Gasteiger partial charge in [-0.25, -0.2) is 9.59 Å². The van der Waals surface area contributed by atoms with E-state index in [4.69, 9.17) is 14.2 Å². The molecule has 1 saturated heterocycles. The summed E-state index contributed by atoms with van der Waals surface area (Å²) < 4.78 is 15.9. The minimum Gasteiger partial charge on any atom is -0.467 e. The molecule has 0 unspecified atom stereocenters. The van der Waals surface area contributed by atoms with Gasteiger partial charge in [0.15, 0.2) is 6.10 Å².